The van der Waals surface area contributed by atoms with Crippen molar-refractivity contribution in [1.82, 2.24) is 4.98 Å². The number of anilines is 1. The van der Waals surface area contributed by atoms with Crippen LogP contribution in [0.4, 0.5) is 10.1 Å². The summed E-state index contributed by atoms with van der Waals surface area (Å²) >= 11 is 0. The summed E-state index contributed by atoms with van der Waals surface area (Å²) in [4.78, 5) is 19.9. The van der Waals surface area contributed by atoms with Crippen molar-refractivity contribution in [2.24, 2.45) is 10.7 Å². The maximum Gasteiger partial charge on any atom is 0.255 e. The summed E-state index contributed by atoms with van der Waals surface area (Å²) in [6, 6.07) is 12.4. The van der Waals surface area contributed by atoms with Gasteiger partial charge in [0.05, 0.1) is 5.92 Å². The lowest BCUT2D eigenvalue weighted by molar-refractivity contribution is -0.119. The molecule has 1 unspecified atom stereocenters. The molecule has 130 valence electrons. The van der Waals surface area contributed by atoms with E-state index in [0.717, 1.165) is 12.0 Å². The van der Waals surface area contributed by atoms with Crippen LogP contribution in [-0.4, -0.2) is 16.7 Å². The van der Waals surface area contributed by atoms with Crippen LogP contribution < -0.4 is 11.1 Å². The minimum absolute atomic E-state index is 0.0871. The fraction of sp³-hybridized carbons (Fsp3) is 0.211. The third-order valence-electron chi connectivity index (χ3n) is 3.55. The Morgan fingerprint density at radius 3 is 2.80 bits per heavy atom. The smallest absolute Gasteiger partial charge is 0.255 e. The first-order valence-corrected chi connectivity index (χ1v) is 8.07. The predicted octanol–water partition coefficient (Wildman–Crippen LogP) is 3.61. The van der Waals surface area contributed by atoms with Crippen LogP contribution >= 0.6 is 0 Å². The number of pyridine rings is 1. The number of carbonyl (C=O) groups is 1. The van der Waals surface area contributed by atoms with Crippen LogP contribution in [0.25, 0.3) is 0 Å². The van der Waals surface area contributed by atoms with Crippen molar-refractivity contribution in [3.8, 4) is 0 Å². The summed E-state index contributed by atoms with van der Waals surface area (Å²) < 4.78 is 13.0. The molecule has 0 bridgehead atoms. The molecule has 0 aliphatic heterocycles. The lowest BCUT2D eigenvalue weighted by Crippen LogP contribution is -2.16. The van der Waals surface area contributed by atoms with Gasteiger partial charge in [-0.1, -0.05) is 43.7 Å². The first kappa shape index (κ1) is 18.3. The zero-order valence-electron chi connectivity index (χ0n) is 14.0. The number of nitrogens with one attached hydrogen (secondary N) is 1. The number of hydrogen-bond donors (Lipinski definition) is 2. The van der Waals surface area contributed by atoms with E-state index < -0.39 is 5.95 Å². The average Bonchev–Trinajstić information content (AvgIpc) is 2.60. The van der Waals surface area contributed by atoms with E-state index in [-0.39, 0.29) is 17.7 Å². The van der Waals surface area contributed by atoms with Gasteiger partial charge in [-0.15, -0.1) is 0 Å². The lowest BCUT2D eigenvalue weighted by atomic mass is 9.94. The van der Waals surface area contributed by atoms with E-state index in [0.29, 0.717) is 12.1 Å². The van der Waals surface area contributed by atoms with E-state index in [1.165, 1.54) is 24.5 Å². The molecule has 5 nitrogen and oxygen atoms in total. The molecule has 0 saturated carbocycles. The highest BCUT2D eigenvalue weighted by Gasteiger charge is 2.19. The molecule has 1 aromatic heterocycles. The second-order valence-electron chi connectivity index (χ2n) is 5.47. The van der Waals surface area contributed by atoms with E-state index in [9.17, 15) is 9.18 Å². The van der Waals surface area contributed by atoms with Gasteiger partial charge in [-0.2, -0.15) is 9.38 Å². The van der Waals surface area contributed by atoms with Gasteiger partial charge in [0.15, 0.2) is 0 Å². The number of hydrogen-bond acceptors (Lipinski definition) is 3. The van der Waals surface area contributed by atoms with Gasteiger partial charge >= 0.3 is 0 Å². The molecule has 1 aromatic carbocycles. The van der Waals surface area contributed by atoms with Gasteiger partial charge in [-0.3, -0.25) is 4.79 Å². The molecular weight excluding hydrogens is 319 g/mol. The molecule has 6 heteroatoms. The Bertz CT molecular complexity index is 759. The highest BCUT2D eigenvalue weighted by molar-refractivity contribution is 6.01. The Hall–Kier alpha value is -3.02. The monoisotopic (exact) mass is 340 g/mol. The number of aliphatic imine (C=N–C) groups is 1. The van der Waals surface area contributed by atoms with Gasteiger partial charge in [0.2, 0.25) is 5.95 Å². The zero-order valence-corrected chi connectivity index (χ0v) is 14.0. The van der Waals surface area contributed by atoms with Crippen LogP contribution in [0.3, 0.4) is 0 Å². The number of aromatic nitrogens is 1. The molecule has 0 aliphatic rings. The van der Waals surface area contributed by atoms with Gasteiger partial charge in [0, 0.05) is 24.2 Å². The van der Waals surface area contributed by atoms with Crippen molar-refractivity contribution in [2.45, 2.75) is 25.7 Å². The number of nitrogens with two attached hydrogens (primary N) is 1. The highest BCUT2D eigenvalue weighted by Crippen LogP contribution is 2.22. The topological polar surface area (TPSA) is 80.4 Å². The lowest BCUT2D eigenvalue weighted by Gasteiger charge is -2.12. The van der Waals surface area contributed by atoms with Crippen molar-refractivity contribution in [1.29, 1.82) is 0 Å². The van der Waals surface area contributed by atoms with Crippen molar-refractivity contribution in [3.05, 3.63) is 72.4 Å². The van der Waals surface area contributed by atoms with Crippen LogP contribution in [0.1, 0.15) is 31.2 Å². The van der Waals surface area contributed by atoms with Crippen molar-refractivity contribution >= 4 is 17.4 Å². The number of carbonyl (C=O) groups excluding carboxylic acids is 1. The quantitative estimate of drug-likeness (QED) is 0.458. The SMILES string of the molecule is CCCC(C(=O)N=C(N)/C=C\Nc1ccnc(F)c1)c1ccccc1. The van der Waals surface area contributed by atoms with Crippen molar-refractivity contribution in [2.75, 3.05) is 5.32 Å². The molecule has 0 spiro atoms. The molecule has 1 amide bonds. The summed E-state index contributed by atoms with van der Waals surface area (Å²) in [5.41, 5.74) is 7.25. The third kappa shape index (κ3) is 5.84. The Kier molecular flexibility index (Phi) is 6.83. The Balaban J connectivity index is 2.03. The maximum atomic E-state index is 13.0. The van der Waals surface area contributed by atoms with Crippen LogP contribution in [-0.2, 0) is 4.79 Å². The fourth-order valence-corrected chi connectivity index (χ4v) is 2.36. The molecule has 1 heterocycles. The number of amidine groups is 1. The molecule has 2 rings (SSSR count). The maximum absolute atomic E-state index is 13.0. The van der Waals surface area contributed by atoms with Crippen molar-refractivity contribution in [3.63, 3.8) is 0 Å². The van der Waals surface area contributed by atoms with Crippen LogP contribution in [0, 0.1) is 5.95 Å². The minimum atomic E-state index is -0.583. The summed E-state index contributed by atoms with van der Waals surface area (Å²) in [5.74, 6) is -1.07. The average molecular weight is 340 g/mol. The van der Waals surface area contributed by atoms with Gasteiger partial charge in [-0.25, -0.2) is 4.98 Å². The molecular formula is C19H21FN4O. The summed E-state index contributed by atoms with van der Waals surface area (Å²) in [7, 11) is 0. The van der Waals surface area contributed by atoms with E-state index in [1.807, 2.05) is 37.3 Å². The molecule has 0 radical (unpaired) electrons. The van der Waals surface area contributed by atoms with Gasteiger partial charge in [-0.05, 0) is 24.1 Å². The number of amides is 1. The number of nitrogens with zero attached hydrogens (tertiary/aromatic N) is 2. The zero-order chi connectivity index (χ0) is 18.1. The van der Waals surface area contributed by atoms with Crippen LogP contribution in [0.2, 0.25) is 0 Å². The third-order valence-corrected chi connectivity index (χ3v) is 3.55. The van der Waals surface area contributed by atoms with Gasteiger partial charge in [0.25, 0.3) is 5.91 Å². The molecule has 25 heavy (non-hydrogen) atoms. The Labute approximate surface area is 146 Å². The Morgan fingerprint density at radius 2 is 2.12 bits per heavy atom. The minimum Gasteiger partial charge on any atom is -0.384 e. The molecule has 3 N–H and O–H groups in total. The van der Waals surface area contributed by atoms with Crippen LogP contribution in [0.5, 0.6) is 0 Å². The van der Waals surface area contributed by atoms with Crippen LogP contribution in [0.15, 0.2) is 65.9 Å². The second-order valence-corrected chi connectivity index (χ2v) is 5.47. The molecule has 1 atom stereocenters. The largest absolute Gasteiger partial charge is 0.384 e. The number of rotatable bonds is 7. The fourth-order valence-electron chi connectivity index (χ4n) is 2.36. The van der Waals surface area contributed by atoms with Gasteiger partial charge < -0.3 is 11.1 Å². The highest BCUT2D eigenvalue weighted by atomic mass is 19.1. The normalized spacial score (nSPS) is 13.0. The summed E-state index contributed by atoms with van der Waals surface area (Å²) in [5, 5.41) is 2.84. The molecule has 2 aromatic rings. The molecule has 0 saturated heterocycles. The van der Waals surface area contributed by atoms with Crippen molar-refractivity contribution < 1.29 is 9.18 Å². The van der Waals surface area contributed by atoms with E-state index in [4.69, 9.17) is 5.73 Å². The summed E-state index contributed by atoms with van der Waals surface area (Å²) in [6.07, 6.45) is 5.88. The van der Waals surface area contributed by atoms with E-state index >= 15 is 0 Å². The molecule has 0 fully saturated rings. The molecule has 0 aliphatic carbocycles. The first-order valence-electron chi connectivity index (χ1n) is 8.07. The number of halogens is 1. The standard InChI is InChI=1S/C19H21FN4O/c1-2-6-16(14-7-4-3-5-8-14)19(25)24-18(21)10-12-22-15-9-11-23-17(20)13-15/h3-5,7-13,16H,2,6H2,1H3,(H,22,23)(H2,21,24,25)/b12-10-. The van der Waals surface area contributed by atoms with E-state index in [1.54, 1.807) is 6.07 Å². The van der Waals surface area contributed by atoms with Gasteiger partial charge in [0.1, 0.15) is 5.84 Å². The number of benzene rings is 1. The first-order chi connectivity index (χ1) is 12.1. The second kappa shape index (κ2) is 9.32. The summed E-state index contributed by atoms with van der Waals surface area (Å²) in [6.45, 7) is 2.02. The predicted molar refractivity (Wildman–Crippen MR) is 97.7 cm³/mol. The Morgan fingerprint density at radius 1 is 1.36 bits per heavy atom. The van der Waals surface area contributed by atoms with E-state index in [2.05, 4.69) is 15.3 Å².